The maximum absolute atomic E-state index is 15.4. The Balaban J connectivity index is 0.957. The number of nitriles is 1. The molecule has 2 N–H and O–H groups in total. The van der Waals surface area contributed by atoms with Crippen LogP contribution in [-0.2, 0) is 22.7 Å². The van der Waals surface area contributed by atoms with Gasteiger partial charge in [0.1, 0.15) is 23.7 Å². The van der Waals surface area contributed by atoms with Gasteiger partial charge in [0, 0.05) is 68.9 Å². The predicted octanol–water partition coefficient (Wildman–Crippen LogP) is 3.43. The smallest absolute Gasteiger partial charge is 0.269 e. The van der Waals surface area contributed by atoms with Crippen molar-refractivity contribution >= 4 is 41.0 Å². The topological polar surface area (TPSA) is 166 Å². The largest absolute Gasteiger partial charge is 0.490 e. The second kappa shape index (κ2) is 14.2. The fraction of sp³-hybridized carbons (Fsp3) is 0.417. The first kappa shape index (κ1) is 34.3. The third kappa shape index (κ3) is 6.96. The van der Waals surface area contributed by atoms with E-state index < -0.39 is 23.7 Å². The molecule has 1 aromatic heterocycles. The molecule has 264 valence electrons. The van der Waals surface area contributed by atoms with Gasteiger partial charge >= 0.3 is 0 Å². The molecule has 4 heterocycles. The van der Waals surface area contributed by atoms with Crippen LogP contribution in [0.25, 0.3) is 0 Å². The zero-order chi connectivity index (χ0) is 35.8. The summed E-state index contributed by atoms with van der Waals surface area (Å²) in [4.78, 5) is 58.9. The van der Waals surface area contributed by atoms with Crippen LogP contribution in [0.2, 0.25) is 5.02 Å². The zero-order valence-electron chi connectivity index (χ0n) is 27.8. The van der Waals surface area contributed by atoms with Gasteiger partial charge in [-0.3, -0.25) is 29.0 Å². The number of amides is 4. The van der Waals surface area contributed by atoms with Crippen molar-refractivity contribution in [2.45, 2.75) is 69.8 Å². The van der Waals surface area contributed by atoms with Crippen LogP contribution in [0.3, 0.4) is 0 Å². The minimum atomic E-state index is -0.808. The molecule has 0 bridgehead atoms. The van der Waals surface area contributed by atoms with Gasteiger partial charge in [0.05, 0.1) is 16.7 Å². The summed E-state index contributed by atoms with van der Waals surface area (Å²) in [5.41, 5.74) is 7.09. The Morgan fingerprint density at radius 1 is 1.00 bits per heavy atom. The van der Waals surface area contributed by atoms with Gasteiger partial charge < -0.3 is 20.3 Å². The molecule has 2 saturated heterocycles. The predicted molar refractivity (Wildman–Crippen MR) is 182 cm³/mol. The van der Waals surface area contributed by atoms with Crippen molar-refractivity contribution in [2.75, 3.05) is 31.1 Å². The normalized spacial score (nSPS) is 22.6. The molecule has 51 heavy (non-hydrogen) atoms. The highest BCUT2D eigenvalue weighted by atomic mass is 35.5. The number of likely N-dealkylation sites (tertiary alicyclic amines) is 1. The lowest BCUT2D eigenvalue weighted by molar-refractivity contribution is -0.156. The molecule has 4 aliphatic rings. The first-order valence-corrected chi connectivity index (χ1v) is 17.4. The van der Waals surface area contributed by atoms with Gasteiger partial charge in [-0.25, -0.2) is 4.39 Å². The molecule has 3 fully saturated rings. The van der Waals surface area contributed by atoms with E-state index in [1.165, 1.54) is 21.9 Å². The summed E-state index contributed by atoms with van der Waals surface area (Å²) in [5, 5.41) is 17.4. The molecule has 1 atom stereocenters. The van der Waals surface area contributed by atoms with Crippen molar-refractivity contribution in [2.24, 2.45) is 5.73 Å². The Bertz CT molecular complexity index is 1920. The van der Waals surface area contributed by atoms with E-state index in [2.05, 4.69) is 15.1 Å². The number of imide groups is 1. The van der Waals surface area contributed by atoms with E-state index in [1.807, 2.05) is 11.0 Å². The van der Waals surface area contributed by atoms with Crippen LogP contribution in [0.5, 0.6) is 5.75 Å². The van der Waals surface area contributed by atoms with Crippen LogP contribution >= 0.6 is 11.6 Å². The minimum Gasteiger partial charge on any atom is -0.490 e. The molecule has 1 saturated carbocycles. The standard InChI is InChI=1S/C36H36ClFN8O5/c37-28-16-26(4-1-21(28)18-39)51-25-5-2-24(3-6-25)46-33(47)10-8-31(36(46)50)45-20-22-15-23(29(38)17-27(22)35(45)49)19-43-11-13-44(14-12-43)32-9-7-30(34(40)48)41-42-32/h1,4,7,9,15-17,24-25,31H,2-3,5-6,8,10-14,19-20H2,(H2,40,48). The number of carbonyl (C=O) groups is 4. The first-order valence-electron chi connectivity index (χ1n) is 17.0. The van der Waals surface area contributed by atoms with E-state index in [1.54, 1.807) is 30.3 Å². The average Bonchev–Trinajstić information content (AvgIpc) is 3.43. The lowest BCUT2D eigenvalue weighted by atomic mass is 9.89. The Morgan fingerprint density at radius 3 is 2.43 bits per heavy atom. The SMILES string of the molecule is N#Cc1ccc(OC2CCC(N3C(=O)CCC(N4Cc5cc(CN6CCN(c7ccc(C(N)=O)nn7)CC6)c(F)cc5C4=O)C3=O)CC2)cc1Cl. The number of carbonyl (C=O) groups excluding carboxylic acids is 4. The summed E-state index contributed by atoms with van der Waals surface area (Å²) >= 11 is 6.15. The van der Waals surface area contributed by atoms with Crippen molar-refractivity contribution in [1.82, 2.24) is 24.9 Å². The summed E-state index contributed by atoms with van der Waals surface area (Å²) in [7, 11) is 0. The number of ether oxygens (including phenoxy) is 1. The molecule has 2 aromatic carbocycles. The summed E-state index contributed by atoms with van der Waals surface area (Å²) in [6.07, 6.45) is 2.59. The molecule has 3 aliphatic heterocycles. The zero-order valence-corrected chi connectivity index (χ0v) is 28.5. The van der Waals surface area contributed by atoms with Gasteiger partial charge in [0.15, 0.2) is 11.5 Å². The average molecular weight is 715 g/mol. The quantitative estimate of drug-likeness (QED) is 0.342. The van der Waals surface area contributed by atoms with E-state index in [0.717, 1.165) is 0 Å². The molecule has 13 nitrogen and oxygen atoms in total. The number of benzene rings is 2. The first-order chi connectivity index (χ1) is 24.6. The molecular weight excluding hydrogens is 679 g/mol. The van der Waals surface area contributed by atoms with E-state index >= 15 is 4.39 Å². The number of piperidine rings is 1. The lowest BCUT2D eigenvalue weighted by Gasteiger charge is -2.41. The van der Waals surface area contributed by atoms with Crippen LogP contribution in [0.1, 0.15) is 76.1 Å². The third-order valence-corrected chi connectivity index (χ3v) is 10.6. The highest BCUT2D eigenvalue weighted by Gasteiger charge is 2.45. The number of nitrogens with two attached hydrogens (primary N) is 1. The Labute approximate surface area is 298 Å². The molecule has 4 amide bonds. The van der Waals surface area contributed by atoms with E-state index in [4.69, 9.17) is 27.3 Å². The van der Waals surface area contributed by atoms with Gasteiger partial charge in [-0.2, -0.15) is 5.26 Å². The van der Waals surface area contributed by atoms with Crippen LogP contribution in [0.15, 0.2) is 42.5 Å². The van der Waals surface area contributed by atoms with Crippen LogP contribution in [0.4, 0.5) is 10.2 Å². The summed E-state index contributed by atoms with van der Waals surface area (Å²) < 4.78 is 21.5. The van der Waals surface area contributed by atoms with Gasteiger partial charge in [0.2, 0.25) is 5.91 Å². The number of aromatic nitrogens is 2. The number of nitrogens with zero attached hydrogens (tertiary/aromatic N) is 7. The number of hydrogen-bond acceptors (Lipinski definition) is 10. The van der Waals surface area contributed by atoms with Gasteiger partial charge in [-0.1, -0.05) is 11.6 Å². The Kier molecular flexibility index (Phi) is 9.58. The van der Waals surface area contributed by atoms with Crippen molar-refractivity contribution in [3.05, 3.63) is 81.3 Å². The lowest BCUT2D eigenvalue weighted by Crippen LogP contribution is -2.58. The highest BCUT2D eigenvalue weighted by Crippen LogP contribution is 2.35. The number of halogens is 2. The van der Waals surface area contributed by atoms with E-state index in [-0.39, 0.29) is 54.6 Å². The Hall–Kier alpha value is -5.13. The van der Waals surface area contributed by atoms with E-state index in [0.29, 0.717) is 91.7 Å². The van der Waals surface area contributed by atoms with Crippen molar-refractivity contribution < 1.29 is 28.3 Å². The van der Waals surface area contributed by atoms with Gasteiger partial charge in [-0.05, 0) is 74.1 Å². The van der Waals surface area contributed by atoms with Crippen molar-refractivity contribution in [3.8, 4) is 11.8 Å². The molecule has 0 spiro atoms. The molecule has 1 unspecified atom stereocenters. The number of fused-ring (bicyclic) bond motifs is 1. The number of primary amides is 1. The molecule has 1 aliphatic carbocycles. The maximum Gasteiger partial charge on any atom is 0.269 e. The van der Waals surface area contributed by atoms with Crippen molar-refractivity contribution in [1.29, 1.82) is 5.26 Å². The van der Waals surface area contributed by atoms with Crippen LogP contribution in [-0.4, -0.2) is 92.9 Å². The summed E-state index contributed by atoms with van der Waals surface area (Å²) in [5.74, 6) is -0.965. The van der Waals surface area contributed by atoms with Crippen LogP contribution < -0.4 is 15.4 Å². The third-order valence-electron chi connectivity index (χ3n) is 10.3. The Morgan fingerprint density at radius 2 is 1.76 bits per heavy atom. The molecule has 3 aromatic rings. The second-order valence-electron chi connectivity index (χ2n) is 13.4. The molecule has 15 heteroatoms. The second-order valence-corrected chi connectivity index (χ2v) is 13.8. The maximum atomic E-state index is 15.4. The van der Waals surface area contributed by atoms with Gasteiger partial charge in [-0.15, -0.1) is 10.2 Å². The van der Waals surface area contributed by atoms with Crippen molar-refractivity contribution in [3.63, 3.8) is 0 Å². The monoisotopic (exact) mass is 714 g/mol. The number of rotatable bonds is 8. The molecular formula is C36H36ClFN8O5. The summed E-state index contributed by atoms with van der Waals surface area (Å²) in [6, 6.07) is 12.1. The summed E-state index contributed by atoms with van der Waals surface area (Å²) in [6.45, 7) is 3.05. The van der Waals surface area contributed by atoms with Crippen LogP contribution in [0, 0.1) is 17.1 Å². The number of piperazine rings is 1. The molecule has 7 rings (SSSR count). The highest BCUT2D eigenvalue weighted by molar-refractivity contribution is 6.31. The number of anilines is 1. The minimum absolute atomic E-state index is 0.0952. The fourth-order valence-corrected chi connectivity index (χ4v) is 7.73. The molecule has 0 radical (unpaired) electrons. The number of hydrogen-bond donors (Lipinski definition) is 1. The van der Waals surface area contributed by atoms with E-state index in [9.17, 15) is 19.2 Å². The van der Waals surface area contributed by atoms with Gasteiger partial charge in [0.25, 0.3) is 17.7 Å². The fourth-order valence-electron chi connectivity index (χ4n) is 7.52.